The number of hydrogen-bond donors (Lipinski definition) is 1. The third kappa shape index (κ3) is 1.31. The molecule has 0 aromatic rings. The number of rotatable bonds is 1. The highest BCUT2D eigenvalue weighted by Gasteiger charge is 2.52. The first-order valence-corrected chi connectivity index (χ1v) is 5.94. The minimum absolute atomic E-state index is 0.0110. The maximum absolute atomic E-state index is 12.1. The largest absolute Gasteiger partial charge is 0.378 e. The Morgan fingerprint density at radius 3 is 2.27 bits per heavy atom. The van der Waals surface area contributed by atoms with Gasteiger partial charge in [0.25, 0.3) is 5.91 Å². The van der Waals surface area contributed by atoms with Gasteiger partial charge in [0.2, 0.25) is 0 Å². The third-order valence-corrected chi connectivity index (χ3v) is 4.24. The summed E-state index contributed by atoms with van der Waals surface area (Å²) in [4.78, 5) is 16.2. The molecule has 84 valence electrons. The fourth-order valence-corrected chi connectivity index (χ4v) is 3.07. The van der Waals surface area contributed by atoms with Crippen molar-refractivity contribution in [3.05, 3.63) is 0 Å². The van der Waals surface area contributed by atoms with Crippen LogP contribution < -0.4 is 0 Å². The molecule has 0 aliphatic carbocycles. The zero-order chi connectivity index (χ0) is 10.5. The minimum Gasteiger partial charge on any atom is -0.378 e. The van der Waals surface area contributed by atoms with Crippen molar-refractivity contribution in [2.75, 3.05) is 32.7 Å². The number of likely N-dealkylation sites (tertiary alicyclic amines) is 1. The zero-order valence-electron chi connectivity index (χ0n) is 8.98. The highest BCUT2D eigenvalue weighted by molar-refractivity contribution is 5.86. The number of carbonyl (C=O) groups excluding carboxylic acids is 1. The van der Waals surface area contributed by atoms with Gasteiger partial charge in [-0.2, -0.15) is 0 Å². The Morgan fingerprint density at radius 2 is 1.87 bits per heavy atom. The fraction of sp³-hybridized carbons (Fsp3) is 0.909. The van der Waals surface area contributed by atoms with Crippen LogP contribution in [0.25, 0.3) is 0 Å². The Morgan fingerprint density at radius 1 is 1.20 bits per heavy atom. The van der Waals surface area contributed by atoms with Crippen LogP contribution in [-0.4, -0.2) is 59.1 Å². The summed E-state index contributed by atoms with van der Waals surface area (Å²) in [5, 5.41) is 10.5. The molecule has 4 aliphatic rings. The molecule has 0 aromatic heterocycles. The number of piperidine rings is 3. The van der Waals surface area contributed by atoms with Crippen LogP contribution in [-0.2, 0) is 4.79 Å². The Hall–Kier alpha value is -0.610. The molecule has 15 heavy (non-hydrogen) atoms. The molecule has 4 saturated heterocycles. The lowest BCUT2D eigenvalue weighted by Crippen LogP contribution is -2.67. The summed E-state index contributed by atoms with van der Waals surface area (Å²) in [5.74, 6) is 0.193. The molecule has 0 saturated carbocycles. The van der Waals surface area contributed by atoms with Crippen molar-refractivity contribution < 1.29 is 9.90 Å². The van der Waals surface area contributed by atoms with Crippen LogP contribution >= 0.6 is 0 Å². The first kappa shape index (κ1) is 9.60. The van der Waals surface area contributed by atoms with Gasteiger partial charge in [-0.1, -0.05) is 0 Å². The van der Waals surface area contributed by atoms with Crippen LogP contribution in [0.4, 0.5) is 0 Å². The van der Waals surface area contributed by atoms with Crippen molar-refractivity contribution in [2.45, 2.75) is 24.9 Å². The van der Waals surface area contributed by atoms with E-state index in [-0.39, 0.29) is 11.8 Å². The second kappa shape index (κ2) is 3.19. The van der Waals surface area contributed by atoms with E-state index in [1.165, 1.54) is 0 Å². The maximum Gasteiger partial charge on any atom is 0.256 e. The molecule has 4 rings (SSSR count). The van der Waals surface area contributed by atoms with Crippen molar-refractivity contribution in [2.24, 2.45) is 5.92 Å². The summed E-state index contributed by atoms with van der Waals surface area (Å²) in [6.07, 6.45) is 3.06. The van der Waals surface area contributed by atoms with E-state index in [1.54, 1.807) is 0 Å². The van der Waals surface area contributed by atoms with Gasteiger partial charge in [0, 0.05) is 25.6 Å². The Bertz CT molecular complexity index is 282. The fourth-order valence-electron chi connectivity index (χ4n) is 3.07. The van der Waals surface area contributed by atoms with Gasteiger partial charge in [-0.15, -0.1) is 0 Å². The molecule has 4 heterocycles. The van der Waals surface area contributed by atoms with Gasteiger partial charge in [-0.25, -0.2) is 0 Å². The van der Waals surface area contributed by atoms with E-state index < -0.39 is 5.60 Å². The van der Waals surface area contributed by atoms with Crippen LogP contribution in [0.1, 0.15) is 19.3 Å². The average molecular weight is 210 g/mol. The van der Waals surface area contributed by atoms with Gasteiger partial charge >= 0.3 is 0 Å². The first-order valence-electron chi connectivity index (χ1n) is 5.94. The van der Waals surface area contributed by atoms with Crippen molar-refractivity contribution in [1.29, 1.82) is 0 Å². The van der Waals surface area contributed by atoms with Crippen LogP contribution in [0.2, 0.25) is 0 Å². The average Bonchev–Trinajstić information content (AvgIpc) is 2.16. The highest BCUT2D eigenvalue weighted by Crippen LogP contribution is 2.37. The number of nitrogens with zero attached hydrogens (tertiary/aromatic N) is 2. The van der Waals surface area contributed by atoms with Gasteiger partial charge in [0.15, 0.2) is 5.60 Å². The molecule has 4 heteroatoms. The topological polar surface area (TPSA) is 43.8 Å². The second-order valence-corrected chi connectivity index (χ2v) is 5.12. The minimum atomic E-state index is -1.06. The molecule has 4 nitrogen and oxygen atoms in total. The molecule has 0 radical (unpaired) electrons. The standard InChI is InChI=1S/C11H18N2O2/c14-10(13-4-1-5-13)11(15)8-12-6-2-9(11)3-7-12/h9,15H,1-8H2. The molecular formula is C11H18N2O2. The molecule has 2 bridgehead atoms. The van der Waals surface area contributed by atoms with E-state index in [1.807, 2.05) is 4.90 Å². The Kier molecular flexibility index (Phi) is 2.04. The molecule has 1 unspecified atom stereocenters. The third-order valence-electron chi connectivity index (χ3n) is 4.24. The predicted octanol–water partition coefficient (Wildman–Crippen LogP) is -0.325. The number of fused-ring (bicyclic) bond motifs is 3. The lowest BCUT2D eigenvalue weighted by molar-refractivity contribution is -0.176. The van der Waals surface area contributed by atoms with Gasteiger partial charge in [-0.05, 0) is 32.4 Å². The van der Waals surface area contributed by atoms with Gasteiger partial charge in [0.05, 0.1) is 0 Å². The first-order chi connectivity index (χ1) is 7.20. The molecule has 0 aromatic carbocycles. The number of aliphatic hydroxyl groups is 1. The number of carbonyl (C=O) groups is 1. The van der Waals surface area contributed by atoms with Crippen LogP contribution in [0.15, 0.2) is 0 Å². The van der Waals surface area contributed by atoms with Crippen molar-refractivity contribution in [3.63, 3.8) is 0 Å². The van der Waals surface area contributed by atoms with Crippen molar-refractivity contribution in [3.8, 4) is 0 Å². The molecule has 0 spiro atoms. The second-order valence-electron chi connectivity index (χ2n) is 5.12. The molecule has 4 aliphatic heterocycles. The normalized spacial score (nSPS) is 43.9. The van der Waals surface area contributed by atoms with Crippen LogP contribution in [0.5, 0.6) is 0 Å². The summed E-state index contributed by atoms with van der Waals surface area (Å²) < 4.78 is 0. The monoisotopic (exact) mass is 210 g/mol. The van der Waals surface area contributed by atoms with E-state index >= 15 is 0 Å². The van der Waals surface area contributed by atoms with Crippen LogP contribution in [0, 0.1) is 5.92 Å². The van der Waals surface area contributed by atoms with E-state index in [0.717, 1.165) is 45.4 Å². The number of amides is 1. The van der Waals surface area contributed by atoms with Crippen LogP contribution in [0.3, 0.4) is 0 Å². The van der Waals surface area contributed by atoms with Gasteiger partial charge in [0.1, 0.15) is 0 Å². The quantitative estimate of drug-likeness (QED) is 0.645. The van der Waals surface area contributed by atoms with E-state index in [0.29, 0.717) is 6.54 Å². The Balaban J connectivity index is 1.80. The predicted molar refractivity (Wildman–Crippen MR) is 55.3 cm³/mol. The summed E-state index contributed by atoms with van der Waals surface area (Å²) in [6, 6.07) is 0. The maximum atomic E-state index is 12.1. The highest BCUT2D eigenvalue weighted by atomic mass is 16.3. The zero-order valence-corrected chi connectivity index (χ0v) is 8.98. The molecule has 1 N–H and O–H groups in total. The van der Waals surface area contributed by atoms with Gasteiger partial charge < -0.3 is 10.0 Å². The van der Waals surface area contributed by atoms with Crippen molar-refractivity contribution >= 4 is 5.91 Å². The molecule has 4 fully saturated rings. The summed E-state index contributed by atoms with van der Waals surface area (Å²) in [5.41, 5.74) is -1.06. The van der Waals surface area contributed by atoms with E-state index in [9.17, 15) is 9.90 Å². The summed E-state index contributed by atoms with van der Waals surface area (Å²) >= 11 is 0. The summed E-state index contributed by atoms with van der Waals surface area (Å²) in [7, 11) is 0. The SMILES string of the molecule is O=C(N1CCC1)C1(O)CN2CCC1CC2. The Labute approximate surface area is 89.8 Å². The molecule has 1 atom stereocenters. The van der Waals surface area contributed by atoms with E-state index in [4.69, 9.17) is 0 Å². The smallest absolute Gasteiger partial charge is 0.256 e. The number of hydrogen-bond acceptors (Lipinski definition) is 3. The molecular weight excluding hydrogens is 192 g/mol. The lowest BCUT2D eigenvalue weighted by Gasteiger charge is -2.51. The van der Waals surface area contributed by atoms with E-state index in [2.05, 4.69) is 4.90 Å². The van der Waals surface area contributed by atoms with Gasteiger partial charge in [-0.3, -0.25) is 9.69 Å². The summed E-state index contributed by atoms with van der Waals surface area (Å²) in [6.45, 7) is 4.36. The van der Waals surface area contributed by atoms with Crippen molar-refractivity contribution in [1.82, 2.24) is 9.80 Å². The molecule has 1 amide bonds. The lowest BCUT2D eigenvalue weighted by atomic mass is 9.74.